The quantitative estimate of drug-likeness (QED) is 0.830. The topological polar surface area (TPSA) is 58.6 Å². The first-order chi connectivity index (χ1) is 10.1. The number of hydrogen-bond donors (Lipinski definition) is 2. The maximum absolute atomic E-state index is 13.5. The van der Waals surface area contributed by atoms with Crippen LogP contribution in [0.25, 0.3) is 0 Å². The molecule has 0 saturated carbocycles. The number of hydrogen-bond acceptors (Lipinski definition) is 4. The van der Waals surface area contributed by atoms with E-state index in [0.717, 1.165) is 6.07 Å². The largest absolute Gasteiger partial charge is 0.505 e. The molecule has 0 spiro atoms. The first kappa shape index (κ1) is 14.8. The van der Waals surface area contributed by atoms with E-state index in [1.165, 1.54) is 12.1 Å². The van der Waals surface area contributed by atoms with Crippen molar-refractivity contribution in [3.63, 3.8) is 0 Å². The van der Waals surface area contributed by atoms with Crippen LogP contribution in [0.2, 0.25) is 0 Å². The SMILES string of the molecule is CCOC(=O)C(Nc1ccccc1)c1ccc(O)c(F)c1. The summed E-state index contributed by atoms with van der Waals surface area (Å²) in [6.45, 7) is 1.93. The molecule has 1 unspecified atom stereocenters. The van der Waals surface area contributed by atoms with E-state index in [4.69, 9.17) is 4.74 Å². The van der Waals surface area contributed by atoms with E-state index in [-0.39, 0.29) is 6.61 Å². The molecule has 2 aromatic rings. The fraction of sp³-hybridized carbons (Fsp3) is 0.188. The third-order valence-electron chi connectivity index (χ3n) is 2.91. The van der Waals surface area contributed by atoms with Gasteiger partial charge < -0.3 is 15.2 Å². The predicted molar refractivity (Wildman–Crippen MR) is 77.5 cm³/mol. The summed E-state index contributed by atoms with van der Waals surface area (Å²) < 4.78 is 18.5. The number of carbonyl (C=O) groups excluding carboxylic acids is 1. The number of rotatable bonds is 5. The summed E-state index contributed by atoms with van der Waals surface area (Å²) in [5, 5.41) is 12.2. The van der Waals surface area contributed by atoms with Crippen molar-refractivity contribution in [2.75, 3.05) is 11.9 Å². The van der Waals surface area contributed by atoms with Crippen molar-refractivity contribution in [3.8, 4) is 5.75 Å². The number of anilines is 1. The lowest BCUT2D eigenvalue weighted by Gasteiger charge is -2.19. The molecule has 0 radical (unpaired) electrons. The number of benzene rings is 2. The summed E-state index contributed by atoms with van der Waals surface area (Å²) in [5.74, 6) is -1.75. The molecular formula is C16H16FNO3. The fourth-order valence-corrected chi connectivity index (χ4v) is 1.91. The minimum atomic E-state index is -0.845. The zero-order valence-electron chi connectivity index (χ0n) is 11.5. The summed E-state index contributed by atoms with van der Waals surface area (Å²) in [7, 11) is 0. The average molecular weight is 289 g/mol. The maximum Gasteiger partial charge on any atom is 0.333 e. The first-order valence-electron chi connectivity index (χ1n) is 6.58. The Balaban J connectivity index is 2.31. The molecule has 0 fully saturated rings. The van der Waals surface area contributed by atoms with E-state index in [1.54, 1.807) is 19.1 Å². The van der Waals surface area contributed by atoms with Crippen LogP contribution in [0.1, 0.15) is 18.5 Å². The lowest BCUT2D eigenvalue weighted by atomic mass is 10.1. The Morgan fingerprint density at radius 2 is 2.00 bits per heavy atom. The van der Waals surface area contributed by atoms with Crippen LogP contribution in [0.4, 0.5) is 10.1 Å². The number of para-hydroxylation sites is 1. The van der Waals surface area contributed by atoms with Crippen molar-refractivity contribution in [2.45, 2.75) is 13.0 Å². The van der Waals surface area contributed by atoms with Crippen molar-refractivity contribution in [3.05, 3.63) is 59.9 Å². The minimum absolute atomic E-state index is 0.229. The van der Waals surface area contributed by atoms with Gasteiger partial charge in [0.05, 0.1) is 6.61 Å². The molecule has 0 aliphatic carbocycles. The summed E-state index contributed by atoms with van der Waals surface area (Å²) >= 11 is 0. The highest BCUT2D eigenvalue weighted by atomic mass is 19.1. The Labute approximate surface area is 122 Å². The molecule has 2 rings (SSSR count). The van der Waals surface area contributed by atoms with Crippen LogP contribution in [0.15, 0.2) is 48.5 Å². The Morgan fingerprint density at radius 1 is 1.29 bits per heavy atom. The standard InChI is InChI=1S/C16H16FNO3/c1-2-21-16(20)15(18-12-6-4-3-5-7-12)11-8-9-14(19)13(17)10-11/h3-10,15,18-19H,2H2,1H3. The first-order valence-corrected chi connectivity index (χ1v) is 6.58. The molecule has 0 aromatic heterocycles. The molecule has 0 aliphatic heterocycles. The Hall–Kier alpha value is -2.56. The molecule has 21 heavy (non-hydrogen) atoms. The van der Waals surface area contributed by atoms with Crippen molar-refractivity contribution in [1.29, 1.82) is 0 Å². The fourth-order valence-electron chi connectivity index (χ4n) is 1.91. The van der Waals surface area contributed by atoms with Crippen LogP contribution in [0, 0.1) is 5.82 Å². The number of phenolic OH excluding ortho intramolecular Hbond substituents is 1. The molecule has 1 atom stereocenters. The second-order valence-electron chi connectivity index (χ2n) is 4.41. The minimum Gasteiger partial charge on any atom is -0.505 e. The van der Waals surface area contributed by atoms with Crippen molar-refractivity contribution in [1.82, 2.24) is 0 Å². The predicted octanol–water partition coefficient (Wildman–Crippen LogP) is 3.25. The second kappa shape index (κ2) is 6.74. The molecule has 4 nitrogen and oxygen atoms in total. The van der Waals surface area contributed by atoms with Gasteiger partial charge in [-0.25, -0.2) is 9.18 Å². The van der Waals surface area contributed by atoms with Gasteiger partial charge in [-0.05, 0) is 36.8 Å². The second-order valence-corrected chi connectivity index (χ2v) is 4.41. The van der Waals surface area contributed by atoms with Crippen molar-refractivity contribution < 1.29 is 19.0 Å². The van der Waals surface area contributed by atoms with Gasteiger partial charge >= 0.3 is 5.97 Å². The van der Waals surface area contributed by atoms with Gasteiger partial charge in [0.2, 0.25) is 0 Å². The molecule has 2 aromatic carbocycles. The molecule has 110 valence electrons. The summed E-state index contributed by atoms with van der Waals surface area (Å²) in [4.78, 5) is 12.1. The van der Waals surface area contributed by atoms with Crippen LogP contribution in [0.3, 0.4) is 0 Å². The third-order valence-corrected chi connectivity index (χ3v) is 2.91. The Bertz CT molecular complexity index is 616. The van der Waals surface area contributed by atoms with Gasteiger partial charge in [0.1, 0.15) is 0 Å². The number of phenols is 1. The number of carbonyl (C=O) groups is 1. The molecular weight excluding hydrogens is 273 g/mol. The van der Waals surface area contributed by atoms with Crippen LogP contribution in [0.5, 0.6) is 5.75 Å². The summed E-state index contributed by atoms with van der Waals surface area (Å²) in [5.41, 5.74) is 1.09. The van der Waals surface area contributed by atoms with Crippen molar-refractivity contribution >= 4 is 11.7 Å². The van der Waals surface area contributed by atoms with Crippen LogP contribution in [-0.4, -0.2) is 17.7 Å². The summed E-state index contributed by atoms with van der Waals surface area (Å²) in [6.07, 6.45) is 0. The van der Waals surface area contributed by atoms with Gasteiger partial charge in [0.25, 0.3) is 0 Å². The zero-order valence-corrected chi connectivity index (χ0v) is 11.5. The average Bonchev–Trinajstić information content (AvgIpc) is 2.49. The molecule has 2 N–H and O–H groups in total. The normalized spacial score (nSPS) is 11.7. The highest BCUT2D eigenvalue weighted by molar-refractivity contribution is 5.81. The molecule has 0 bridgehead atoms. The lowest BCUT2D eigenvalue weighted by molar-refractivity contribution is -0.144. The molecule has 0 heterocycles. The van der Waals surface area contributed by atoms with E-state index >= 15 is 0 Å². The number of ether oxygens (including phenoxy) is 1. The maximum atomic E-state index is 13.5. The van der Waals surface area contributed by atoms with Gasteiger partial charge in [-0.2, -0.15) is 0 Å². The van der Waals surface area contributed by atoms with E-state index in [9.17, 15) is 14.3 Å². The number of nitrogens with one attached hydrogen (secondary N) is 1. The highest BCUT2D eigenvalue weighted by Gasteiger charge is 2.23. The van der Waals surface area contributed by atoms with E-state index in [0.29, 0.717) is 11.3 Å². The van der Waals surface area contributed by atoms with Gasteiger partial charge in [0, 0.05) is 5.69 Å². The van der Waals surface area contributed by atoms with E-state index in [2.05, 4.69) is 5.32 Å². The molecule has 0 saturated heterocycles. The highest BCUT2D eigenvalue weighted by Crippen LogP contribution is 2.25. The Kier molecular flexibility index (Phi) is 4.77. The number of esters is 1. The zero-order chi connectivity index (χ0) is 15.2. The monoisotopic (exact) mass is 289 g/mol. The van der Waals surface area contributed by atoms with Crippen LogP contribution < -0.4 is 5.32 Å². The van der Waals surface area contributed by atoms with E-state index in [1.807, 2.05) is 18.2 Å². The van der Waals surface area contributed by atoms with Crippen LogP contribution in [-0.2, 0) is 9.53 Å². The molecule has 5 heteroatoms. The molecule has 0 aliphatic rings. The van der Waals surface area contributed by atoms with Gasteiger partial charge in [0.15, 0.2) is 17.6 Å². The van der Waals surface area contributed by atoms with Gasteiger partial charge in [-0.3, -0.25) is 0 Å². The smallest absolute Gasteiger partial charge is 0.333 e. The number of halogens is 1. The van der Waals surface area contributed by atoms with Gasteiger partial charge in [-0.1, -0.05) is 24.3 Å². The third kappa shape index (κ3) is 3.72. The Morgan fingerprint density at radius 3 is 2.62 bits per heavy atom. The lowest BCUT2D eigenvalue weighted by Crippen LogP contribution is -2.23. The summed E-state index contributed by atoms with van der Waals surface area (Å²) in [6, 6.07) is 12.1. The van der Waals surface area contributed by atoms with Crippen LogP contribution >= 0.6 is 0 Å². The molecule has 0 amide bonds. The van der Waals surface area contributed by atoms with Gasteiger partial charge in [-0.15, -0.1) is 0 Å². The number of aromatic hydroxyl groups is 1. The van der Waals surface area contributed by atoms with Crippen molar-refractivity contribution in [2.24, 2.45) is 0 Å². The van der Waals surface area contributed by atoms with E-state index < -0.39 is 23.6 Å².